The van der Waals surface area contributed by atoms with Crippen LogP contribution >= 0.6 is 0 Å². The molecule has 0 radical (unpaired) electrons. The van der Waals surface area contributed by atoms with Crippen molar-refractivity contribution in [3.63, 3.8) is 0 Å². The quantitative estimate of drug-likeness (QED) is 0.769. The van der Waals surface area contributed by atoms with E-state index in [4.69, 9.17) is 0 Å². The molecule has 0 bridgehead atoms. The summed E-state index contributed by atoms with van der Waals surface area (Å²) >= 11 is 0. The van der Waals surface area contributed by atoms with Crippen molar-refractivity contribution in [1.29, 1.82) is 0 Å². The number of piperazine rings is 1. The lowest BCUT2D eigenvalue weighted by Crippen LogP contribution is -2.44. The minimum absolute atomic E-state index is 0.669. The number of aromatic nitrogens is 4. The van der Waals surface area contributed by atoms with Gasteiger partial charge in [0.1, 0.15) is 11.3 Å². The van der Waals surface area contributed by atoms with E-state index in [1.807, 2.05) is 6.08 Å². The van der Waals surface area contributed by atoms with Crippen molar-refractivity contribution >= 4 is 17.0 Å². The number of hydrogen-bond acceptors (Lipinski definition) is 5. The van der Waals surface area contributed by atoms with E-state index in [1.54, 1.807) is 6.33 Å². The van der Waals surface area contributed by atoms with Crippen LogP contribution in [0.2, 0.25) is 0 Å². The smallest absolute Gasteiger partial charge is 0.183 e. The monoisotopic (exact) mass is 244 g/mol. The summed E-state index contributed by atoms with van der Waals surface area (Å²) in [6.07, 6.45) is 4.15. The highest BCUT2D eigenvalue weighted by Crippen LogP contribution is 2.21. The molecule has 0 unspecified atom stereocenters. The molecule has 0 amide bonds. The molecule has 0 aliphatic carbocycles. The SMILES string of the molecule is C=CCc1nc(N2CCNCC2)c2[nH]cnc2n1. The standard InChI is InChI=1S/C12H16N6/c1-2-3-9-16-11-10(14-8-15-11)12(17-9)18-6-4-13-5-7-18/h2,8,13H,1,3-7H2,(H,14,15,16,17). The summed E-state index contributed by atoms with van der Waals surface area (Å²) in [5.41, 5.74) is 1.65. The second-order valence-electron chi connectivity index (χ2n) is 4.29. The third-order valence-corrected chi connectivity index (χ3v) is 3.06. The van der Waals surface area contributed by atoms with E-state index < -0.39 is 0 Å². The summed E-state index contributed by atoms with van der Waals surface area (Å²) in [5, 5.41) is 3.34. The van der Waals surface area contributed by atoms with Gasteiger partial charge in [-0.25, -0.2) is 15.0 Å². The Bertz CT molecular complexity index is 555. The number of anilines is 1. The van der Waals surface area contributed by atoms with E-state index in [9.17, 15) is 0 Å². The van der Waals surface area contributed by atoms with Crippen LogP contribution in [0.25, 0.3) is 11.2 Å². The maximum Gasteiger partial charge on any atom is 0.183 e. The fourth-order valence-electron chi connectivity index (χ4n) is 2.19. The van der Waals surface area contributed by atoms with Crippen molar-refractivity contribution in [3.8, 4) is 0 Å². The van der Waals surface area contributed by atoms with Crippen LogP contribution in [0.3, 0.4) is 0 Å². The first-order valence-electron chi connectivity index (χ1n) is 6.15. The third kappa shape index (κ3) is 1.95. The Morgan fingerprint density at radius 2 is 2.17 bits per heavy atom. The van der Waals surface area contributed by atoms with E-state index in [2.05, 4.69) is 36.7 Å². The Kier molecular flexibility index (Phi) is 2.93. The summed E-state index contributed by atoms with van der Waals surface area (Å²) in [6, 6.07) is 0. The van der Waals surface area contributed by atoms with Crippen molar-refractivity contribution in [1.82, 2.24) is 25.3 Å². The molecule has 2 N–H and O–H groups in total. The molecule has 0 atom stereocenters. The molecule has 0 aromatic carbocycles. The Hall–Kier alpha value is -1.95. The van der Waals surface area contributed by atoms with Crippen molar-refractivity contribution in [2.45, 2.75) is 6.42 Å². The predicted octanol–water partition coefficient (Wildman–Crippen LogP) is 0.491. The molecular formula is C12H16N6. The first-order valence-corrected chi connectivity index (χ1v) is 6.15. The average Bonchev–Trinajstić information content (AvgIpc) is 2.87. The Morgan fingerprint density at radius 3 is 2.94 bits per heavy atom. The number of nitrogens with one attached hydrogen (secondary N) is 2. The highest BCUT2D eigenvalue weighted by atomic mass is 15.3. The van der Waals surface area contributed by atoms with Gasteiger partial charge in [-0.05, 0) is 0 Å². The van der Waals surface area contributed by atoms with Crippen LogP contribution in [0, 0.1) is 0 Å². The Balaban J connectivity index is 2.06. The number of rotatable bonds is 3. The zero-order valence-corrected chi connectivity index (χ0v) is 10.2. The summed E-state index contributed by atoms with van der Waals surface area (Å²) in [7, 11) is 0. The second kappa shape index (κ2) is 4.73. The largest absolute Gasteiger partial charge is 0.352 e. The van der Waals surface area contributed by atoms with E-state index >= 15 is 0 Å². The summed E-state index contributed by atoms with van der Waals surface area (Å²) in [4.78, 5) is 18.7. The molecule has 1 fully saturated rings. The molecule has 1 aliphatic rings. The molecule has 6 heteroatoms. The van der Waals surface area contributed by atoms with Crippen LogP contribution in [0.5, 0.6) is 0 Å². The minimum Gasteiger partial charge on any atom is -0.352 e. The van der Waals surface area contributed by atoms with Crippen molar-refractivity contribution in [2.24, 2.45) is 0 Å². The predicted molar refractivity (Wildman–Crippen MR) is 70.7 cm³/mol. The van der Waals surface area contributed by atoms with Gasteiger partial charge in [0, 0.05) is 32.6 Å². The number of aromatic amines is 1. The summed E-state index contributed by atoms with van der Waals surface area (Å²) < 4.78 is 0. The molecule has 18 heavy (non-hydrogen) atoms. The van der Waals surface area contributed by atoms with E-state index in [0.29, 0.717) is 6.42 Å². The van der Waals surface area contributed by atoms with Crippen LogP contribution in [0.15, 0.2) is 19.0 Å². The first-order chi connectivity index (χ1) is 8.88. The normalized spacial score (nSPS) is 16.1. The average molecular weight is 244 g/mol. The lowest BCUT2D eigenvalue weighted by Gasteiger charge is -2.28. The van der Waals surface area contributed by atoms with Crippen LogP contribution in [0.1, 0.15) is 5.82 Å². The van der Waals surface area contributed by atoms with E-state index in [1.165, 1.54) is 0 Å². The molecule has 0 spiro atoms. The van der Waals surface area contributed by atoms with Crippen LogP contribution < -0.4 is 10.2 Å². The van der Waals surface area contributed by atoms with Gasteiger partial charge >= 0.3 is 0 Å². The van der Waals surface area contributed by atoms with Crippen LogP contribution in [-0.4, -0.2) is 46.1 Å². The van der Waals surface area contributed by atoms with Gasteiger partial charge in [-0.15, -0.1) is 6.58 Å². The molecule has 2 aromatic heterocycles. The highest BCUT2D eigenvalue weighted by Gasteiger charge is 2.17. The van der Waals surface area contributed by atoms with E-state index in [0.717, 1.165) is 49.0 Å². The molecule has 0 saturated carbocycles. The lowest BCUT2D eigenvalue weighted by molar-refractivity contribution is 0.585. The van der Waals surface area contributed by atoms with Gasteiger partial charge in [-0.3, -0.25) is 0 Å². The fraction of sp³-hybridized carbons (Fsp3) is 0.417. The van der Waals surface area contributed by atoms with Crippen LogP contribution in [0.4, 0.5) is 5.82 Å². The Labute approximate surface area is 105 Å². The number of allylic oxidation sites excluding steroid dienone is 1. The fourth-order valence-corrected chi connectivity index (χ4v) is 2.19. The minimum atomic E-state index is 0.669. The van der Waals surface area contributed by atoms with Gasteiger partial charge < -0.3 is 15.2 Å². The number of hydrogen-bond donors (Lipinski definition) is 2. The summed E-state index contributed by atoms with van der Waals surface area (Å²) in [6.45, 7) is 7.61. The lowest BCUT2D eigenvalue weighted by atomic mass is 10.3. The number of imidazole rings is 1. The molecular weight excluding hydrogens is 228 g/mol. The molecule has 94 valence electrons. The van der Waals surface area contributed by atoms with Gasteiger partial charge in [-0.1, -0.05) is 6.08 Å². The zero-order chi connectivity index (χ0) is 12.4. The topological polar surface area (TPSA) is 69.7 Å². The number of H-pyrrole nitrogens is 1. The molecule has 3 rings (SSSR count). The molecule has 1 saturated heterocycles. The summed E-state index contributed by atoms with van der Waals surface area (Å²) in [5.74, 6) is 1.73. The van der Waals surface area contributed by atoms with E-state index in [-0.39, 0.29) is 0 Å². The number of nitrogens with zero attached hydrogens (tertiary/aromatic N) is 4. The van der Waals surface area contributed by atoms with Gasteiger partial charge in [0.2, 0.25) is 0 Å². The maximum absolute atomic E-state index is 4.63. The second-order valence-corrected chi connectivity index (χ2v) is 4.29. The molecule has 1 aliphatic heterocycles. The molecule has 2 aromatic rings. The first kappa shape index (κ1) is 11.2. The molecule has 3 heterocycles. The van der Waals surface area contributed by atoms with Crippen molar-refractivity contribution in [3.05, 3.63) is 24.8 Å². The van der Waals surface area contributed by atoms with Crippen LogP contribution in [-0.2, 0) is 6.42 Å². The number of fused-ring (bicyclic) bond motifs is 1. The third-order valence-electron chi connectivity index (χ3n) is 3.06. The van der Waals surface area contributed by atoms with Crippen molar-refractivity contribution < 1.29 is 0 Å². The maximum atomic E-state index is 4.63. The zero-order valence-electron chi connectivity index (χ0n) is 10.2. The van der Waals surface area contributed by atoms with Gasteiger partial charge in [0.15, 0.2) is 11.5 Å². The van der Waals surface area contributed by atoms with Crippen molar-refractivity contribution in [2.75, 3.05) is 31.1 Å². The Morgan fingerprint density at radius 1 is 1.33 bits per heavy atom. The molecule has 6 nitrogen and oxygen atoms in total. The van der Waals surface area contributed by atoms with Gasteiger partial charge in [-0.2, -0.15) is 0 Å². The highest BCUT2D eigenvalue weighted by molar-refractivity contribution is 5.83. The van der Waals surface area contributed by atoms with Gasteiger partial charge in [0.25, 0.3) is 0 Å². The van der Waals surface area contributed by atoms with Gasteiger partial charge in [0.05, 0.1) is 6.33 Å².